The van der Waals surface area contributed by atoms with E-state index in [4.69, 9.17) is 27.3 Å². The Morgan fingerprint density at radius 3 is 2.80 bits per heavy atom. The van der Waals surface area contributed by atoms with Crippen LogP contribution in [0, 0.1) is 11.3 Å². The lowest BCUT2D eigenvalue weighted by atomic mass is 10.0. The van der Waals surface area contributed by atoms with E-state index in [0.29, 0.717) is 11.4 Å². The number of carbonyl (C=O) groups is 1. The minimum atomic E-state index is -0.331. The molecule has 0 saturated carbocycles. The number of nitrogen functional groups attached to an aromatic ring is 1. The molecule has 0 aliphatic rings. The molecule has 0 fully saturated rings. The normalized spacial score (nSPS) is 9.40. The molecule has 4 nitrogen and oxygen atoms in total. The minimum absolute atomic E-state index is 0.180. The smallest absolute Gasteiger partial charge is 0.178 e. The molecule has 0 spiro atoms. The van der Waals surface area contributed by atoms with E-state index in [1.165, 1.54) is 19.2 Å². The Balaban J connectivity index is 3.35. The molecule has 2 N–H and O–H groups in total. The van der Waals surface area contributed by atoms with Crippen LogP contribution in [0.15, 0.2) is 12.1 Å². The Kier molecular flexibility index (Phi) is 3.53. The van der Waals surface area contributed by atoms with Crippen molar-refractivity contribution in [1.29, 1.82) is 5.26 Å². The van der Waals surface area contributed by atoms with Crippen molar-refractivity contribution < 1.29 is 9.53 Å². The minimum Gasteiger partial charge on any atom is -0.495 e. The number of carbonyl (C=O) groups excluding carboxylic acids is 1. The molecule has 0 heterocycles. The molecule has 0 aromatic heterocycles. The average Bonchev–Trinajstić information content (AvgIpc) is 2.27. The molecule has 0 atom stereocenters. The van der Waals surface area contributed by atoms with Crippen LogP contribution in [-0.2, 0) is 0 Å². The summed E-state index contributed by atoms with van der Waals surface area (Å²) in [5.41, 5.74) is 6.37. The number of Topliss-reactive ketones (excluding diaryl/α,β-unsaturated/α-hetero) is 1. The number of ketones is 1. The summed E-state index contributed by atoms with van der Waals surface area (Å²) in [4.78, 5) is 11.4. The molecule has 0 amide bonds. The number of anilines is 1. The first-order valence-electron chi connectivity index (χ1n) is 4.10. The summed E-state index contributed by atoms with van der Waals surface area (Å²) in [6.07, 6.45) is 0. The Hall–Kier alpha value is -1.73. The van der Waals surface area contributed by atoms with E-state index >= 15 is 0 Å². The van der Waals surface area contributed by atoms with Crippen LogP contribution >= 0.6 is 11.6 Å². The summed E-state index contributed by atoms with van der Waals surface area (Å²) in [5, 5.41) is 8.83. The van der Waals surface area contributed by atoms with Gasteiger partial charge in [0.25, 0.3) is 0 Å². The van der Waals surface area contributed by atoms with Gasteiger partial charge in [0, 0.05) is 11.6 Å². The van der Waals surface area contributed by atoms with Crippen molar-refractivity contribution in [1.82, 2.24) is 0 Å². The molecule has 0 aliphatic carbocycles. The zero-order chi connectivity index (χ0) is 11.4. The fourth-order valence-electron chi connectivity index (χ4n) is 1.17. The topological polar surface area (TPSA) is 76.1 Å². The second-order valence-electron chi connectivity index (χ2n) is 2.81. The van der Waals surface area contributed by atoms with Crippen LogP contribution in [0.1, 0.15) is 15.9 Å². The van der Waals surface area contributed by atoms with Crippen molar-refractivity contribution in [2.75, 3.05) is 18.7 Å². The van der Waals surface area contributed by atoms with Gasteiger partial charge in [-0.3, -0.25) is 4.79 Å². The highest BCUT2D eigenvalue weighted by Crippen LogP contribution is 2.25. The molecule has 0 radical (unpaired) electrons. The van der Waals surface area contributed by atoms with Gasteiger partial charge in [0.15, 0.2) is 5.78 Å². The van der Waals surface area contributed by atoms with Crippen LogP contribution < -0.4 is 10.5 Å². The van der Waals surface area contributed by atoms with Crippen LogP contribution in [0.25, 0.3) is 0 Å². The fourth-order valence-corrected chi connectivity index (χ4v) is 1.31. The van der Waals surface area contributed by atoms with Gasteiger partial charge >= 0.3 is 0 Å². The largest absolute Gasteiger partial charge is 0.495 e. The van der Waals surface area contributed by atoms with Gasteiger partial charge in [-0.2, -0.15) is 5.26 Å². The summed E-state index contributed by atoms with van der Waals surface area (Å²) in [6.45, 7) is 0. The van der Waals surface area contributed by atoms with Gasteiger partial charge in [-0.05, 0) is 6.07 Å². The fraction of sp³-hybridized carbons (Fsp3) is 0.200. The zero-order valence-corrected chi connectivity index (χ0v) is 8.84. The van der Waals surface area contributed by atoms with Crippen LogP contribution in [-0.4, -0.2) is 18.8 Å². The highest BCUT2D eigenvalue weighted by molar-refractivity contribution is 6.30. The molecule has 78 valence electrons. The average molecular weight is 225 g/mol. The maximum Gasteiger partial charge on any atom is 0.178 e. The summed E-state index contributed by atoms with van der Waals surface area (Å²) in [6, 6.07) is 4.73. The number of methoxy groups -OCH3 is 1. The highest BCUT2D eigenvalue weighted by Gasteiger charge is 2.13. The van der Waals surface area contributed by atoms with Crippen LogP contribution in [0.2, 0.25) is 0 Å². The summed E-state index contributed by atoms with van der Waals surface area (Å²) >= 11 is 5.41. The van der Waals surface area contributed by atoms with E-state index in [9.17, 15) is 4.79 Å². The first-order chi connectivity index (χ1) is 7.13. The number of rotatable bonds is 3. The Morgan fingerprint density at radius 2 is 2.33 bits per heavy atom. The van der Waals surface area contributed by atoms with E-state index in [1.54, 1.807) is 0 Å². The second-order valence-corrected chi connectivity index (χ2v) is 3.08. The van der Waals surface area contributed by atoms with Gasteiger partial charge in [-0.25, -0.2) is 0 Å². The third kappa shape index (κ3) is 2.20. The molecule has 0 aliphatic heterocycles. The molecular formula is C10H9ClN2O2. The molecule has 0 unspecified atom stereocenters. The molecule has 15 heavy (non-hydrogen) atoms. The van der Waals surface area contributed by atoms with Crippen molar-refractivity contribution >= 4 is 23.1 Å². The van der Waals surface area contributed by atoms with Crippen LogP contribution in [0.3, 0.4) is 0 Å². The van der Waals surface area contributed by atoms with Crippen LogP contribution in [0.5, 0.6) is 5.75 Å². The first kappa shape index (κ1) is 11.3. The lowest BCUT2D eigenvalue weighted by Crippen LogP contribution is -2.05. The first-order valence-corrected chi connectivity index (χ1v) is 4.64. The number of ether oxygens (including phenoxy) is 1. The number of nitriles is 1. The van der Waals surface area contributed by atoms with Crippen molar-refractivity contribution in [3.05, 3.63) is 23.3 Å². The van der Waals surface area contributed by atoms with Gasteiger partial charge in [0.2, 0.25) is 0 Å². The summed E-state index contributed by atoms with van der Waals surface area (Å²) in [7, 11) is 1.44. The standard InChI is InChI=1S/C10H9ClN2O2/c1-15-10-2-6(5-12)7(3-8(10)13)9(14)4-11/h2-3H,4,13H2,1H3. The monoisotopic (exact) mass is 224 g/mol. The Morgan fingerprint density at radius 1 is 1.67 bits per heavy atom. The number of halogens is 1. The van der Waals surface area contributed by atoms with Crippen molar-refractivity contribution in [2.24, 2.45) is 0 Å². The maximum absolute atomic E-state index is 11.4. The maximum atomic E-state index is 11.4. The highest BCUT2D eigenvalue weighted by atomic mass is 35.5. The van der Waals surface area contributed by atoms with E-state index in [0.717, 1.165) is 0 Å². The Bertz CT molecular complexity index is 438. The predicted octanol–water partition coefficient (Wildman–Crippen LogP) is 1.57. The SMILES string of the molecule is COc1cc(C#N)c(C(=O)CCl)cc1N. The molecule has 0 saturated heterocycles. The molecule has 1 aromatic carbocycles. The van der Waals surface area contributed by atoms with Gasteiger partial charge in [0.1, 0.15) is 11.8 Å². The molecule has 1 aromatic rings. The Labute approximate surface area is 92.2 Å². The third-order valence-corrected chi connectivity index (χ3v) is 2.15. The number of hydrogen-bond acceptors (Lipinski definition) is 4. The number of alkyl halides is 1. The van der Waals surface area contributed by atoms with Crippen LogP contribution in [0.4, 0.5) is 5.69 Å². The van der Waals surface area contributed by atoms with Gasteiger partial charge in [0.05, 0.1) is 24.2 Å². The lowest BCUT2D eigenvalue weighted by Gasteiger charge is -2.07. The van der Waals surface area contributed by atoms with Gasteiger partial charge in [-0.1, -0.05) is 0 Å². The van der Waals surface area contributed by atoms with Gasteiger partial charge in [-0.15, -0.1) is 11.6 Å². The van der Waals surface area contributed by atoms with Crippen molar-refractivity contribution in [3.63, 3.8) is 0 Å². The predicted molar refractivity (Wildman–Crippen MR) is 57.2 cm³/mol. The molecular weight excluding hydrogens is 216 g/mol. The number of nitrogens with two attached hydrogens (primary N) is 1. The quantitative estimate of drug-likeness (QED) is 0.480. The van der Waals surface area contributed by atoms with Crippen molar-refractivity contribution in [3.8, 4) is 11.8 Å². The zero-order valence-electron chi connectivity index (χ0n) is 8.08. The number of hydrogen-bond donors (Lipinski definition) is 1. The number of nitrogens with zero attached hydrogens (tertiary/aromatic N) is 1. The van der Waals surface area contributed by atoms with E-state index < -0.39 is 0 Å². The molecule has 0 bridgehead atoms. The second kappa shape index (κ2) is 4.67. The molecule has 1 rings (SSSR count). The third-order valence-electron chi connectivity index (χ3n) is 1.91. The lowest BCUT2D eigenvalue weighted by molar-refractivity contribution is 0.102. The summed E-state index contributed by atoms with van der Waals surface area (Å²) < 4.78 is 4.94. The number of benzene rings is 1. The van der Waals surface area contributed by atoms with E-state index in [2.05, 4.69) is 0 Å². The van der Waals surface area contributed by atoms with Gasteiger partial charge < -0.3 is 10.5 Å². The van der Waals surface area contributed by atoms with E-state index in [1.807, 2.05) is 6.07 Å². The van der Waals surface area contributed by atoms with E-state index in [-0.39, 0.29) is 22.8 Å². The van der Waals surface area contributed by atoms with Crippen molar-refractivity contribution in [2.45, 2.75) is 0 Å². The molecule has 5 heteroatoms. The summed E-state index contributed by atoms with van der Waals surface area (Å²) in [5.74, 6) is -0.138.